The number of hydrogen-bond donors (Lipinski definition) is 7. The lowest BCUT2D eigenvalue weighted by Gasteiger charge is -2.38. The Kier molecular flexibility index (Phi) is 17.8. The normalized spacial score (nSPS) is 17.5. The topological polar surface area (TPSA) is 228 Å². The number of alkyl halides is 8. The van der Waals surface area contributed by atoms with Crippen molar-refractivity contribution in [3.8, 4) is 23.1 Å². The van der Waals surface area contributed by atoms with E-state index in [4.69, 9.17) is 0 Å². The van der Waals surface area contributed by atoms with Gasteiger partial charge in [0.2, 0.25) is 11.9 Å². The van der Waals surface area contributed by atoms with E-state index in [0.717, 1.165) is 45.3 Å². The van der Waals surface area contributed by atoms with Crippen LogP contribution in [0.5, 0.6) is 0 Å². The van der Waals surface area contributed by atoms with Crippen LogP contribution in [0.3, 0.4) is 0 Å². The maximum atomic E-state index is 15.9. The van der Waals surface area contributed by atoms with Crippen LogP contribution in [0.15, 0.2) is 61.1 Å². The first-order valence-electron chi connectivity index (χ1n) is 23.2. The molecule has 2 unspecified atom stereocenters. The fourth-order valence-electron chi connectivity index (χ4n) is 8.37. The van der Waals surface area contributed by atoms with Crippen LogP contribution in [0.1, 0.15) is 69.3 Å². The highest BCUT2D eigenvalue weighted by molar-refractivity contribution is 5.87. The predicted octanol–water partition coefficient (Wildman–Crippen LogP) is 5.81. The number of carbonyl (C=O) groups is 4. The zero-order valence-corrected chi connectivity index (χ0v) is 41.2. The lowest BCUT2D eigenvalue weighted by Crippen LogP contribution is -2.63. The Morgan fingerprint density at radius 3 is 1.89 bits per heavy atom. The molecule has 412 valence electrons. The summed E-state index contributed by atoms with van der Waals surface area (Å²) in [7, 11) is 0.807. The number of benzene rings is 2. The number of nitrogens with one attached hydrogen (secondary N) is 5. The number of piperazine rings is 1. The Balaban J connectivity index is 1.33. The maximum absolute atomic E-state index is 15.9. The van der Waals surface area contributed by atoms with Crippen LogP contribution in [0, 0.1) is 34.3 Å². The Hall–Kier alpha value is -7.25. The van der Waals surface area contributed by atoms with Crippen molar-refractivity contribution < 1.29 is 78.0 Å². The van der Waals surface area contributed by atoms with Gasteiger partial charge in [-0.25, -0.2) is 38.0 Å². The van der Waals surface area contributed by atoms with E-state index in [1.165, 1.54) is 29.6 Å². The number of halogens is 10. The standard InChI is InChI=1S/C48H53F10N11O7/c1-45(2,47(53,54)55)37(64-44(75)76-5)39(71)62-35(16-26-9-6-25(7-10-26)8-11-27-19-59-42(60-20-27)67-21-29-12-13-30(22-67)61-29)36(70)24-68(66-40(72)38(63-43(73)74)46(3,4)48(56,57)58)23-31-32(49)17-28(18-33(31)50)34-14-15-69(65-34)41(51)52/h6-7,9-10,14-15,17-20,29-30,35-38,41,61,63,70H,12-13,16,21-24H2,1-5H3,(H,62,71)(H,64,75)(H,66,72)(H,73,74)/t29?,30?,35-,36-,37+,38+/m0/s1. The number of aromatic nitrogens is 4. The second kappa shape index (κ2) is 23.3. The zero-order chi connectivity index (χ0) is 56.1. The van der Waals surface area contributed by atoms with E-state index in [1.54, 1.807) is 12.4 Å². The molecule has 7 N–H and O–H groups in total. The number of methoxy groups -OCH3 is 1. The second-order valence-electron chi connectivity index (χ2n) is 19.3. The van der Waals surface area contributed by atoms with Gasteiger partial charge in [-0.15, -0.1) is 0 Å². The third-order valence-corrected chi connectivity index (χ3v) is 13.1. The molecule has 0 radical (unpaired) electrons. The fraction of sp³-hybridized carbons (Fsp3) is 0.479. The van der Waals surface area contributed by atoms with Crippen molar-refractivity contribution in [3.05, 3.63) is 94.9 Å². The number of hydrogen-bond acceptors (Lipinski definition) is 12. The minimum Gasteiger partial charge on any atom is -0.465 e. The van der Waals surface area contributed by atoms with Crippen LogP contribution in [-0.4, -0.2) is 134 Å². The third kappa shape index (κ3) is 14.0. The molecule has 2 fully saturated rings. The van der Waals surface area contributed by atoms with Crippen LogP contribution in [0.2, 0.25) is 0 Å². The molecule has 4 aromatic rings. The maximum Gasteiger partial charge on any atom is 0.407 e. The van der Waals surface area contributed by atoms with Crippen molar-refractivity contribution in [2.45, 2.75) is 109 Å². The largest absolute Gasteiger partial charge is 0.465 e. The number of amides is 4. The number of ether oxygens (including phenoxy) is 1. The van der Waals surface area contributed by atoms with Gasteiger partial charge in [0.05, 0.1) is 41.3 Å². The van der Waals surface area contributed by atoms with Crippen LogP contribution in [-0.2, 0) is 27.3 Å². The van der Waals surface area contributed by atoms with E-state index in [2.05, 4.69) is 47.2 Å². The smallest absolute Gasteiger partial charge is 0.407 e. The van der Waals surface area contributed by atoms with E-state index in [-0.39, 0.29) is 21.5 Å². The van der Waals surface area contributed by atoms with Gasteiger partial charge >= 0.3 is 31.1 Å². The van der Waals surface area contributed by atoms with Gasteiger partial charge in [-0.2, -0.15) is 40.2 Å². The second-order valence-corrected chi connectivity index (χ2v) is 19.3. The Morgan fingerprint density at radius 1 is 0.829 bits per heavy atom. The first-order valence-corrected chi connectivity index (χ1v) is 23.2. The van der Waals surface area contributed by atoms with Crippen molar-refractivity contribution in [1.82, 2.24) is 51.5 Å². The fourth-order valence-corrected chi connectivity index (χ4v) is 8.37. The number of hydrazine groups is 1. The number of aliphatic hydroxyl groups is 1. The zero-order valence-electron chi connectivity index (χ0n) is 41.2. The van der Waals surface area contributed by atoms with Crippen molar-refractivity contribution in [3.63, 3.8) is 0 Å². The molecule has 2 saturated heterocycles. The lowest BCUT2D eigenvalue weighted by atomic mass is 9.82. The van der Waals surface area contributed by atoms with Gasteiger partial charge in [-0.1, -0.05) is 24.0 Å². The van der Waals surface area contributed by atoms with E-state index in [0.29, 0.717) is 74.0 Å². The van der Waals surface area contributed by atoms with Crippen molar-refractivity contribution in [1.29, 1.82) is 0 Å². The molecule has 2 aromatic heterocycles. The molecule has 4 heterocycles. The molecule has 2 bridgehead atoms. The first-order chi connectivity index (χ1) is 35.5. The van der Waals surface area contributed by atoms with Crippen LogP contribution in [0.4, 0.5) is 59.4 Å². The highest BCUT2D eigenvalue weighted by Crippen LogP contribution is 2.42. The summed E-state index contributed by atoms with van der Waals surface area (Å²) >= 11 is 0. The van der Waals surface area contributed by atoms with Gasteiger partial charge in [0, 0.05) is 73.5 Å². The van der Waals surface area contributed by atoms with E-state index in [9.17, 15) is 64.5 Å². The van der Waals surface area contributed by atoms with Gasteiger partial charge in [-0.3, -0.25) is 15.0 Å². The number of carbonyl (C=O) groups excluding carboxylic acids is 3. The Labute approximate surface area is 427 Å². The van der Waals surface area contributed by atoms with E-state index >= 15 is 8.78 Å². The first kappa shape index (κ1) is 58.0. The number of fused-ring (bicyclic) bond motifs is 2. The molecule has 2 aliphatic rings. The molecule has 0 saturated carbocycles. The molecule has 0 spiro atoms. The summed E-state index contributed by atoms with van der Waals surface area (Å²) in [5.74, 6) is 0.184. The number of nitrogens with zero attached hydrogens (tertiary/aromatic N) is 6. The predicted molar refractivity (Wildman–Crippen MR) is 250 cm³/mol. The highest BCUT2D eigenvalue weighted by atomic mass is 19.4. The van der Waals surface area contributed by atoms with Crippen molar-refractivity contribution >= 4 is 29.9 Å². The van der Waals surface area contributed by atoms with E-state index < -0.39 is 115 Å². The van der Waals surface area contributed by atoms with Crippen LogP contribution < -0.4 is 31.6 Å². The monoisotopic (exact) mass is 1090 g/mol. The minimum absolute atomic E-state index is 0.185. The van der Waals surface area contributed by atoms with Gasteiger partial charge in [-0.05, 0) is 82.9 Å². The summed E-state index contributed by atoms with van der Waals surface area (Å²) in [6.07, 6.45) is -10.7. The Morgan fingerprint density at radius 2 is 1.38 bits per heavy atom. The number of aliphatic hydroxyl groups excluding tert-OH is 1. The van der Waals surface area contributed by atoms with Crippen LogP contribution >= 0.6 is 0 Å². The third-order valence-electron chi connectivity index (χ3n) is 13.1. The summed E-state index contributed by atoms with van der Waals surface area (Å²) in [5, 5.41) is 34.5. The SMILES string of the molecule is COC(=O)N[C@H](C(=O)N[C@@H](Cc1ccc(C#Cc2cnc(N3CC4CCC(C3)N4)nc2)cc1)[C@@H](O)CN(Cc1c(F)cc(-c2ccn(C(F)F)n2)cc1F)NC(=O)[C@@H](NC(=O)O)C(C)(C)C(F)(F)F)C(C)(C)C(F)(F)F. The number of anilines is 1. The van der Waals surface area contributed by atoms with E-state index in [1.807, 2.05) is 10.7 Å². The quantitative estimate of drug-likeness (QED) is 0.0355. The summed E-state index contributed by atoms with van der Waals surface area (Å²) in [6.45, 7) is -1.87. The molecule has 0 aliphatic carbocycles. The molecule has 76 heavy (non-hydrogen) atoms. The molecule has 6 atom stereocenters. The Bertz CT molecular complexity index is 2750. The van der Waals surface area contributed by atoms with Crippen molar-refractivity contribution in [2.24, 2.45) is 10.8 Å². The summed E-state index contributed by atoms with van der Waals surface area (Å²) in [5.41, 5.74) is -4.84. The van der Waals surface area contributed by atoms with Gasteiger partial charge in [0.25, 0.3) is 5.91 Å². The lowest BCUT2D eigenvalue weighted by molar-refractivity contribution is -0.221. The summed E-state index contributed by atoms with van der Waals surface area (Å²) in [6, 6.07) is 1.94. The molecular formula is C48H53F10N11O7. The number of rotatable bonds is 18. The molecule has 2 aromatic carbocycles. The minimum atomic E-state index is -5.28. The molecule has 4 amide bonds. The van der Waals surface area contributed by atoms with Gasteiger partial charge < -0.3 is 41.1 Å². The summed E-state index contributed by atoms with van der Waals surface area (Å²) < 4.78 is 150. The average molecular weight is 1090 g/mol. The van der Waals surface area contributed by atoms with Gasteiger partial charge in [0.15, 0.2) is 0 Å². The van der Waals surface area contributed by atoms with Crippen LogP contribution in [0.25, 0.3) is 11.3 Å². The molecule has 2 aliphatic heterocycles. The number of carboxylic acid groups (broad SMARTS) is 1. The average Bonchev–Trinajstić information content (AvgIpc) is 3.98. The molecular weight excluding hydrogens is 1030 g/mol. The van der Waals surface area contributed by atoms with Gasteiger partial charge in [0.1, 0.15) is 23.7 Å². The molecule has 18 nitrogen and oxygen atoms in total. The molecule has 28 heteroatoms. The summed E-state index contributed by atoms with van der Waals surface area (Å²) in [4.78, 5) is 62.9. The number of alkyl carbamates (subject to hydrolysis) is 1. The highest BCUT2D eigenvalue weighted by Gasteiger charge is 2.57. The molecule has 6 rings (SSSR count). The van der Waals surface area contributed by atoms with Crippen molar-refractivity contribution in [2.75, 3.05) is 31.6 Å².